The van der Waals surface area contributed by atoms with Crippen LogP contribution in [-0.4, -0.2) is 14.5 Å². The molecule has 1 aromatic carbocycles. The molecule has 1 amide bonds. The van der Waals surface area contributed by atoms with Crippen LogP contribution in [0.5, 0.6) is 0 Å². The van der Waals surface area contributed by atoms with Gasteiger partial charge in [-0.2, -0.15) is 0 Å². The maximum atomic E-state index is 12.3. The van der Waals surface area contributed by atoms with Crippen molar-refractivity contribution >= 4 is 38.8 Å². The van der Waals surface area contributed by atoms with Crippen LogP contribution < -0.4 is 10.0 Å². The van der Waals surface area contributed by atoms with Crippen molar-refractivity contribution in [2.45, 2.75) is 16.7 Å². The average Bonchev–Trinajstić information content (AvgIpc) is 3.03. The number of benzene rings is 1. The minimum Gasteiger partial charge on any atom is -0.425 e. The largest absolute Gasteiger partial charge is 0.425 e. The number of amides is 1. The normalized spacial score (nSPS) is 19.9. The Hall–Kier alpha value is -2.50. The zero-order valence-corrected chi connectivity index (χ0v) is 13.6. The van der Waals surface area contributed by atoms with Gasteiger partial charge in [-0.3, -0.25) is 10.0 Å². The number of ether oxygens (including phenoxy) is 1. The highest BCUT2D eigenvalue weighted by molar-refractivity contribution is 7.94. The van der Waals surface area contributed by atoms with Gasteiger partial charge >= 0.3 is 6.09 Å². The highest BCUT2D eigenvalue weighted by Crippen LogP contribution is 2.37. The Kier molecular flexibility index (Phi) is 3.55. The molecule has 2 N–H and O–H groups in total. The van der Waals surface area contributed by atoms with Crippen molar-refractivity contribution in [1.29, 1.82) is 0 Å². The standard InChI is InChI=1S/C15H12N2O4S2/c1-3-15(2)11-9-10(6-7-12(11)16-14(18)21-15)17-23(19,20)13-5-4-8-22-13/h1,4-9,17H,2H3,(H,16,18). The van der Waals surface area contributed by atoms with Crippen molar-refractivity contribution in [3.8, 4) is 12.3 Å². The summed E-state index contributed by atoms with van der Waals surface area (Å²) >= 11 is 1.12. The second-order valence-corrected chi connectivity index (χ2v) is 7.85. The molecule has 0 saturated carbocycles. The van der Waals surface area contributed by atoms with E-state index < -0.39 is 21.7 Å². The minimum absolute atomic E-state index is 0.208. The molecule has 0 fully saturated rings. The van der Waals surface area contributed by atoms with E-state index in [0.717, 1.165) is 11.3 Å². The maximum absolute atomic E-state index is 12.3. The zero-order chi connectivity index (χ0) is 16.7. The third-order valence-corrected chi connectivity index (χ3v) is 6.13. The topological polar surface area (TPSA) is 84.5 Å². The Bertz CT molecular complexity index is 913. The monoisotopic (exact) mass is 348 g/mol. The SMILES string of the molecule is C#CC1(C)OC(=O)Nc2ccc(NS(=O)(=O)c3cccs3)cc21. The lowest BCUT2D eigenvalue weighted by Crippen LogP contribution is -2.36. The Balaban J connectivity index is 2.00. The van der Waals surface area contributed by atoms with E-state index in [-0.39, 0.29) is 4.21 Å². The van der Waals surface area contributed by atoms with E-state index in [1.165, 1.54) is 6.07 Å². The Morgan fingerprint density at radius 3 is 2.83 bits per heavy atom. The summed E-state index contributed by atoms with van der Waals surface area (Å²) in [5.74, 6) is 2.43. The number of carbonyl (C=O) groups is 1. The number of fused-ring (bicyclic) bond motifs is 1. The van der Waals surface area contributed by atoms with Crippen molar-refractivity contribution in [2.24, 2.45) is 0 Å². The molecule has 0 spiro atoms. The summed E-state index contributed by atoms with van der Waals surface area (Å²) in [6.45, 7) is 1.57. The van der Waals surface area contributed by atoms with Gasteiger partial charge in [-0.05, 0) is 36.6 Å². The number of cyclic esters (lactones) is 1. The number of anilines is 2. The molecule has 1 unspecified atom stereocenters. The number of terminal acetylenes is 1. The van der Waals surface area contributed by atoms with Crippen LogP contribution in [-0.2, 0) is 20.4 Å². The fourth-order valence-electron chi connectivity index (χ4n) is 2.22. The van der Waals surface area contributed by atoms with Crippen LogP contribution >= 0.6 is 11.3 Å². The second kappa shape index (κ2) is 5.30. The van der Waals surface area contributed by atoms with Gasteiger partial charge in [-0.15, -0.1) is 17.8 Å². The van der Waals surface area contributed by atoms with Crippen LogP contribution in [0.15, 0.2) is 39.9 Å². The fraction of sp³-hybridized carbons (Fsp3) is 0.133. The molecule has 0 saturated heterocycles. The Labute approximate surface area is 137 Å². The van der Waals surface area contributed by atoms with E-state index in [1.54, 1.807) is 36.6 Å². The number of thiophene rings is 1. The lowest BCUT2D eigenvalue weighted by Gasteiger charge is -2.31. The molecule has 0 aliphatic carbocycles. The van der Waals surface area contributed by atoms with Gasteiger partial charge in [0.15, 0.2) is 5.60 Å². The van der Waals surface area contributed by atoms with Crippen LogP contribution in [0.2, 0.25) is 0 Å². The Morgan fingerprint density at radius 2 is 2.17 bits per heavy atom. The van der Waals surface area contributed by atoms with Gasteiger partial charge in [0, 0.05) is 11.3 Å². The second-order valence-electron chi connectivity index (χ2n) is 4.99. The van der Waals surface area contributed by atoms with Crippen LogP contribution in [0, 0.1) is 12.3 Å². The third-order valence-electron chi connectivity index (χ3n) is 3.35. The van der Waals surface area contributed by atoms with Crippen molar-refractivity contribution in [3.63, 3.8) is 0 Å². The summed E-state index contributed by atoms with van der Waals surface area (Å²) in [7, 11) is -3.66. The molecule has 3 rings (SSSR count). The van der Waals surface area contributed by atoms with E-state index >= 15 is 0 Å². The molecule has 1 atom stereocenters. The van der Waals surface area contributed by atoms with Crippen LogP contribution in [0.25, 0.3) is 0 Å². The quantitative estimate of drug-likeness (QED) is 0.835. The molecule has 6 nitrogen and oxygen atoms in total. The molecule has 118 valence electrons. The summed E-state index contributed by atoms with van der Waals surface area (Å²) in [5.41, 5.74) is 0.0623. The van der Waals surface area contributed by atoms with Crippen LogP contribution in [0.3, 0.4) is 0 Å². The van der Waals surface area contributed by atoms with Gasteiger partial charge in [0.2, 0.25) is 0 Å². The molecule has 23 heavy (non-hydrogen) atoms. The Morgan fingerprint density at radius 1 is 1.39 bits per heavy atom. The van der Waals surface area contributed by atoms with E-state index in [4.69, 9.17) is 11.2 Å². The summed E-state index contributed by atoms with van der Waals surface area (Å²) in [5, 5.41) is 4.22. The van der Waals surface area contributed by atoms with Crippen LogP contribution in [0.1, 0.15) is 12.5 Å². The summed E-state index contributed by atoms with van der Waals surface area (Å²) in [6, 6.07) is 7.86. The van der Waals surface area contributed by atoms with Gasteiger partial charge in [0.25, 0.3) is 10.0 Å². The lowest BCUT2D eigenvalue weighted by molar-refractivity contribution is 0.0716. The molecular weight excluding hydrogens is 336 g/mol. The molecule has 0 bridgehead atoms. The smallest absolute Gasteiger partial charge is 0.413 e. The molecule has 8 heteroatoms. The van der Waals surface area contributed by atoms with Crippen molar-refractivity contribution in [3.05, 3.63) is 41.3 Å². The van der Waals surface area contributed by atoms with Crippen molar-refractivity contribution in [2.75, 3.05) is 10.0 Å². The first-order chi connectivity index (χ1) is 10.8. The van der Waals surface area contributed by atoms with Gasteiger partial charge in [0.1, 0.15) is 4.21 Å². The number of nitrogens with one attached hydrogen (secondary N) is 2. The molecule has 1 aliphatic heterocycles. The maximum Gasteiger partial charge on any atom is 0.413 e. The predicted molar refractivity (Wildman–Crippen MR) is 87.9 cm³/mol. The van der Waals surface area contributed by atoms with E-state index in [9.17, 15) is 13.2 Å². The number of hydrogen-bond donors (Lipinski definition) is 2. The summed E-state index contributed by atoms with van der Waals surface area (Å²) in [6.07, 6.45) is 4.83. The molecular formula is C15H12N2O4S2. The van der Waals surface area contributed by atoms with Gasteiger partial charge in [-0.1, -0.05) is 12.0 Å². The number of rotatable bonds is 3. The highest BCUT2D eigenvalue weighted by Gasteiger charge is 2.36. The van der Waals surface area contributed by atoms with E-state index in [1.807, 2.05) is 0 Å². The molecule has 1 aliphatic rings. The third kappa shape index (κ3) is 2.76. The van der Waals surface area contributed by atoms with Crippen molar-refractivity contribution < 1.29 is 17.9 Å². The fourth-order valence-corrected chi connectivity index (χ4v) is 4.26. The predicted octanol–water partition coefficient (Wildman–Crippen LogP) is 2.96. The highest BCUT2D eigenvalue weighted by atomic mass is 32.2. The first-order valence-electron chi connectivity index (χ1n) is 6.53. The number of sulfonamides is 1. The van der Waals surface area contributed by atoms with Gasteiger partial charge in [0.05, 0.1) is 5.69 Å². The molecule has 1 aromatic heterocycles. The van der Waals surface area contributed by atoms with E-state index in [2.05, 4.69) is 16.0 Å². The molecule has 2 aromatic rings. The van der Waals surface area contributed by atoms with Crippen LogP contribution in [0.4, 0.5) is 16.2 Å². The van der Waals surface area contributed by atoms with E-state index in [0.29, 0.717) is 16.9 Å². The van der Waals surface area contributed by atoms with Gasteiger partial charge in [-0.25, -0.2) is 13.2 Å². The van der Waals surface area contributed by atoms with Crippen molar-refractivity contribution in [1.82, 2.24) is 0 Å². The molecule has 0 radical (unpaired) electrons. The molecule has 2 heterocycles. The zero-order valence-electron chi connectivity index (χ0n) is 12.0. The number of carbonyl (C=O) groups excluding carboxylic acids is 1. The first-order valence-corrected chi connectivity index (χ1v) is 8.89. The lowest BCUT2D eigenvalue weighted by atomic mass is 9.93. The summed E-state index contributed by atoms with van der Waals surface area (Å²) in [4.78, 5) is 11.5. The minimum atomic E-state index is -3.66. The average molecular weight is 348 g/mol. The first kappa shape index (κ1) is 15.4. The number of hydrogen-bond acceptors (Lipinski definition) is 5. The summed E-state index contributed by atoms with van der Waals surface area (Å²) < 4.78 is 32.4. The van der Waals surface area contributed by atoms with Gasteiger partial charge < -0.3 is 4.74 Å².